The number of benzene rings is 2. The average Bonchev–Trinajstić information content (AvgIpc) is 2.49. The van der Waals surface area contributed by atoms with E-state index in [0.717, 1.165) is 24.4 Å². The fourth-order valence-electron chi connectivity index (χ4n) is 1.62. The summed E-state index contributed by atoms with van der Waals surface area (Å²) in [5, 5.41) is 32.8. The SMILES string of the molecule is O=[N+]([O-])c1cccc(S(=O)(=O)N/N=C/c2ccc(O)cc2O)c1. The highest BCUT2D eigenvalue weighted by Crippen LogP contribution is 2.21. The minimum atomic E-state index is -4.09. The number of nitrogens with zero attached hydrogens (tertiary/aromatic N) is 2. The Morgan fingerprint density at radius 3 is 2.57 bits per heavy atom. The number of phenols is 2. The molecule has 0 saturated heterocycles. The van der Waals surface area contributed by atoms with Gasteiger partial charge in [-0.15, -0.1) is 0 Å². The predicted octanol–water partition coefficient (Wildman–Crippen LogP) is 1.32. The molecule has 2 rings (SSSR count). The number of aromatic hydroxyl groups is 2. The topological polar surface area (TPSA) is 142 Å². The summed E-state index contributed by atoms with van der Waals surface area (Å²) in [5.41, 5.74) is -0.197. The molecule has 0 unspecified atom stereocenters. The van der Waals surface area contributed by atoms with E-state index in [2.05, 4.69) is 5.10 Å². The molecule has 0 aromatic heterocycles. The standard InChI is InChI=1S/C13H11N3O6S/c17-11-5-4-9(13(18)7-11)8-14-15-23(21,22)12-3-1-2-10(6-12)16(19)20/h1-8,15,17-18H/b14-8+. The number of non-ortho nitro benzene ring substituents is 1. The van der Waals surface area contributed by atoms with Gasteiger partial charge < -0.3 is 10.2 Å². The monoisotopic (exact) mass is 337 g/mol. The Morgan fingerprint density at radius 1 is 1.17 bits per heavy atom. The quantitative estimate of drug-likeness (QED) is 0.426. The first kappa shape index (κ1) is 16.2. The Balaban J connectivity index is 2.20. The fourth-order valence-corrected chi connectivity index (χ4v) is 2.45. The van der Waals surface area contributed by atoms with E-state index in [9.17, 15) is 23.6 Å². The minimum absolute atomic E-state index is 0.156. The van der Waals surface area contributed by atoms with Gasteiger partial charge in [0.25, 0.3) is 15.7 Å². The Kier molecular flexibility index (Phi) is 4.46. The van der Waals surface area contributed by atoms with Crippen molar-refractivity contribution in [3.8, 4) is 11.5 Å². The van der Waals surface area contributed by atoms with Crippen LogP contribution >= 0.6 is 0 Å². The number of phenolic OH excluding ortho intramolecular Hbond substituents is 2. The molecule has 0 aliphatic rings. The fraction of sp³-hybridized carbons (Fsp3) is 0. The van der Waals surface area contributed by atoms with Gasteiger partial charge in [-0.05, 0) is 18.2 Å². The maximum Gasteiger partial charge on any atom is 0.276 e. The summed E-state index contributed by atoms with van der Waals surface area (Å²) in [5.74, 6) is -0.444. The van der Waals surface area contributed by atoms with Crippen molar-refractivity contribution >= 4 is 21.9 Å². The number of rotatable bonds is 5. The van der Waals surface area contributed by atoms with Crippen molar-refractivity contribution in [2.75, 3.05) is 0 Å². The largest absolute Gasteiger partial charge is 0.508 e. The summed E-state index contributed by atoms with van der Waals surface area (Å²) >= 11 is 0. The number of hydrogen-bond donors (Lipinski definition) is 3. The molecular weight excluding hydrogens is 326 g/mol. The van der Waals surface area contributed by atoms with E-state index in [1.165, 1.54) is 24.3 Å². The summed E-state index contributed by atoms with van der Waals surface area (Å²) in [4.78, 5) is 11.5. The molecule has 2 aromatic rings. The number of nitro benzene ring substituents is 1. The molecule has 0 heterocycles. The van der Waals surface area contributed by atoms with E-state index in [0.29, 0.717) is 0 Å². The first-order chi connectivity index (χ1) is 10.8. The van der Waals surface area contributed by atoms with Crippen LogP contribution < -0.4 is 4.83 Å². The van der Waals surface area contributed by atoms with Crippen LogP contribution in [-0.2, 0) is 10.0 Å². The number of nitro groups is 1. The first-order valence-electron chi connectivity index (χ1n) is 6.11. The van der Waals surface area contributed by atoms with Crippen LogP contribution in [0.4, 0.5) is 5.69 Å². The maximum atomic E-state index is 12.0. The second-order valence-electron chi connectivity index (χ2n) is 4.35. The third-order valence-electron chi connectivity index (χ3n) is 2.73. The molecule has 0 saturated carbocycles. The molecule has 0 spiro atoms. The van der Waals surface area contributed by atoms with Gasteiger partial charge in [0.1, 0.15) is 11.5 Å². The van der Waals surface area contributed by atoms with Crippen molar-refractivity contribution in [1.29, 1.82) is 0 Å². The Labute approximate surface area is 130 Å². The number of hydrazone groups is 1. The van der Waals surface area contributed by atoms with Crippen molar-refractivity contribution in [1.82, 2.24) is 4.83 Å². The van der Waals surface area contributed by atoms with E-state index in [1.807, 2.05) is 4.83 Å². The van der Waals surface area contributed by atoms with Crippen LogP contribution in [0.5, 0.6) is 11.5 Å². The van der Waals surface area contributed by atoms with E-state index < -0.39 is 14.9 Å². The summed E-state index contributed by atoms with van der Waals surface area (Å²) in [6.07, 6.45) is 1.03. The predicted molar refractivity (Wildman–Crippen MR) is 80.8 cm³/mol. The molecule has 120 valence electrons. The summed E-state index contributed by atoms with van der Waals surface area (Å²) in [6.45, 7) is 0. The third-order valence-corrected chi connectivity index (χ3v) is 3.95. The molecule has 0 bridgehead atoms. The molecule has 2 aromatic carbocycles. The molecule has 9 nitrogen and oxygen atoms in total. The maximum absolute atomic E-state index is 12.0. The van der Waals surface area contributed by atoms with Crippen molar-refractivity contribution < 1.29 is 23.6 Å². The van der Waals surface area contributed by atoms with Crippen LogP contribution in [0.15, 0.2) is 52.5 Å². The number of hydrogen-bond acceptors (Lipinski definition) is 7. The van der Waals surface area contributed by atoms with Gasteiger partial charge in [-0.3, -0.25) is 10.1 Å². The Morgan fingerprint density at radius 2 is 1.91 bits per heavy atom. The average molecular weight is 337 g/mol. The second-order valence-corrected chi connectivity index (χ2v) is 6.01. The molecule has 0 amide bonds. The van der Waals surface area contributed by atoms with Crippen LogP contribution in [0.3, 0.4) is 0 Å². The first-order valence-corrected chi connectivity index (χ1v) is 7.59. The lowest BCUT2D eigenvalue weighted by Gasteiger charge is -2.03. The lowest BCUT2D eigenvalue weighted by Crippen LogP contribution is -2.18. The zero-order chi connectivity index (χ0) is 17.0. The van der Waals surface area contributed by atoms with Gasteiger partial charge >= 0.3 is 0 Å². The van der Waals surface area contributed by atoms with Gasteiger partial charge in [0, 0.05) is 23.8 Å². The smallest absolute Gasteiger partial charge is 0.276 e. The lowest BCUT2D eigenvalue weighted by atomic mass is 10.2. The summed E-state index contributed by atoms with van der Waals surface area (Å²) < 4.78 is 24.0. The third kappa shape index (κ3) is 3.95. The zero-order valence-corrected chi connectivity index (χ0v) is 12.3. The van der Waals surface area contributed by atoms with Crippen molar-refractivity contribution in [2.24, 2.45) is 5.10 Å². The van der Waals surface area contributed by atoms with Gasteiger partial charge in [0.05, 0.1) is 16.0 Å². The molecule has 0 aliphatic carbocycles. The molecule has 0 fully saturated rings. The normalized spacial score (nSPS) is 11.5. The Bertz CT molecular complexity index is 879. The van der Waals surface area contributed by atoms with Crippen LogP contribution in [0.1, 0.15) is 5.56 Å². The van der Waals surface area contributed by atoms with Crippen molar-refractivity contribution in [2.45, 2.75) is 4.90 Å². The second kappa shape index (κ2) is 6.32. The van der Waals surface area contributed by atoms with Crippen molar-refractivity contribution in [3.05, 3.63) is 58.1 Å². The lowest BCUT2D eigenvalue weighted by molar-refractivity contribution is -0.385. The number of nitrogens with one attached hydrogen (secondary N) is 1. The van der Waals surface area contributed by atoms with Gasteiger partial charge in [0.15, 0.2) is 0 Å². The molecule has 3 N–H and O–H groups in total. The van der Waals surface area contributed by atoms with Gasteiger partial charge in [-0.1, -0.05) is 6.07 Å². The molecule has 0 radical (unpaired) electrons. The van der Waals surface area contributed by atoms with E-state index in [-0.39, 0.29) is 27.6 Å². The summed E-state index contributed by atoms with van der Waals surface area (Å²) in [6, 6.07) is 8.17. The molecular formula is C13H11N3O6S. The molecule has 23 heavy (non-hydrogen) atoms. The zero-order valence-electron chi connectivity index (χ0n) is 11.4. The highest BCUT2D eigenvalue weighted by atomic mass is 32.2. The van der Waals surface area contributed by atoms with Crippen LogP contribution in [0, 0.1) is 10.1 Å². The summed E-state index contributed by atoms with van der Waals surface area (Å²) in [7, 11) is -4.09. The van der Waals surface area contributed by atoms with E-state index in [4.69, 9.17) is 5.11 Å². The highest BCUT2D eigenvalue weighted by molar-refractivity contribution is 7.89. The minimum Gasteiger partial charge on any atom is -0.508 e. The van der Waals surface area contributed by atoms with Crippen LogP contribution in [-0.4, -0.2) is 29.8 Å². The Hall–Kier alpha value is -3.14. The molecule has 0 aliphatic heterocycles. The van der Waals surface area contributed by atoms with Gasteiger partial charge in [-0.2, -0.15) is 13.5 Å². The van der Waals surface area contributed by atoms with E-state index in [1.54, 1.807) is 0 Å². The number of sulfonamides is 1. The highest BCUT2D eigenvalue weighted by Gasteiger charge is 2.16. The van der Waals surface area contributed by atoms with Gasteiger partial charge in [-0.25, -0.2) is 4.83 Å². The van der Waals surface area contributed by atoms with Crippen LogP contribution in [0.2, 0.25) is 0 Å². The van der Waals surface area contributed by atoms with Gasteiger partial charge in [0.2, 0.25) is 0 Å². The van der Waals surface area contributed by atoms with E-state index >= 15 is 0 Å². The van der Waals surface area contributed by atoms with Crippen molar-refractivity contribution in [3.63, 3.8) is 0 Å². The molecule has 10 heteroatoms. The molecule has 0 atom stereocenters. The van der Waals surface area contributed by atoms with Crippen LogP contribution in [0.25, 0.3) is 0 Å².